The number of carbonyl (C=O) groups excluding carboxylic acids is 1. The first-order valence-electron chi connectivity index (χ1n) is 9.51. The average molecular weight is 446 g/mol. The van der Waals surface area contributed by atoms with Gasteiger partial charge in [-0.15, -0.1) is 21.5 Å². The Morgan fingerprint density at radius 3 is 2.78 bits per heavy atom. The van der Waals surface area contributed by atoms with E-state index in [-0.39, 0.29) is 5.82 Å². The summed E-state index contributed by atoms with van der Waals surface area (Å²) < 4.78 is 16.8. The molecule has 0 unspecified atom stereocenters. The van der Waals surface area contributed by atoms with Crippen molar-refractivity contribution in [1.82, 2.24) is 35.0 Å². The molecule has 3 aromatic heterocycles. The largest absolute Gasteiger partial charge is 0.319 e. The highest BCUT2D eigenvalue weighted by Gasteiger charge is 2.20. The van der Waals surface area contributed by atoms with Crippen molar-refractivity contribution in [3.05, 3.63) is 83.5 Å². The van der Waals surface area contributed by atoms with Gasteiger partial charge in [-0.2, -0.15) is 0 Å². The minimum atomic E-state index is -0.496. The first kappa shape index (κ1) is 19.7. The maximum Gasteiger partial charge on any atom is 0.295 e. The quantitative estimate of drug-likeness (QED) is 0.442. The number of hydrogen-bond acceptors (Lipinski definition) is 7. The molecular formula is C21H15FN8OS. The van der Waals surface area contributed by atoms with Crippen LogP contribution in [0.2, 0.25) is 0 Å². The summed E-state index contributed by atoms with van der Waals surface area (Å²) in [6, 6.07) is 15.1. The molecule has 11 heteroatoms. The van der Waals surface area contributed by atoms with Crippen LogP contribution in [0.3, 0.4) is 0 Å². The molecule has 5 aromatic rings. The van der Waals surface area contributed by atoms with Crippen LogP contribution >= 0.6 is 11.3 Å². The van der Waals surface area contributed by atoms with Gasteiger partial charge in [-0.05, 0) is 64.7 Å². The molecule has 32 heavy (non-hydrogen) atoms. The second-order valence-corrected chi connectivity index (χ2v) is 7.79. The molecular weight excluding hydrogens is 431 g/mol. The minimum absolute atomic E-state index is 0.0396. The summed E-state index contributed by atoms with van der Waals surface area (Å²) in [6.07, 6.45) is 1.48. The maximum atomic E-state index is 13.8. The van der Waals surface area contributed by atoms with Crippen LogP contribution in [0.25, 0.3) is 22.1 Å². The highest BCUT2D eigenvalue weighted by Crippen LogP contribution is 2.26. The monoisotopic (exact) mass is 446 g/mol. The number of benzene rings is 2. The van der Waals surface area contributed by atoms with E-state index in [0.29, 0.717) is 17.2 Å². The molecule has 5 rings (SSSR count). The summed E-state index contributed by atoms with van der Waals surface area (Å²) >= 11 is 1.45. The van der Waals surface area contributed by atoms with E-state index >= 15 is 0 Å². The van der Waals surface area contributed by atoms with Gasteiger partial charge < -0.3 is 5.32 Å². The van der Waals surface area contributed by atoms with Crippen LogP contribution in [0.15, 0.2) is 66.3 Å². The molecule has 0 aliphatic heterocycles. The van der Waals surface area contributed by atoms with E-state index in [4.69, 9.17) is 0 Å². The van der Waals surface area contributed by atoms with Crippen molar-refractivity contribution < 1.29 is 9.18 Å². The molecule has 9 nitrogen and oxygen atoms in total. The van der Waals surface area contributed by atoms with E-state index in [1.54, 1.807) is 24.3 Å². The molecule has 0 atom stereocenters. The zero-order valence-corrected chi connectivity index (χ0v) is 17.5. The van der Waals surface area contributed by atoms with Gasteiger partial charge in [0.2, 0.25) is 5.82 Å². The number of nitrogens with one attached hydrogen (secondary N) is 1. The molecule has 3 heterocycles. The fourth-order valence-electron chi connectivity index (χ4n) is 3.15. The third-order valence-corrected chi connectivity index (χ3v) is 5.53. The second-order valence-electron chi connectivity index (χ2n) is 6.84. The van der Waals surface area contributed by atoms with Crippen molar-refractivity contribution in [2.24, 2.45) is 0 Å². The van der Waals surface area contributed by atoms with Crippen molar-refractivity contribution in [3.8, 4) is 22.1 Å². The lowest BCUT2D eigenvalue weighted by atomic mass is 10.2. The van der Waals surface area contributed by atoms with Crippen molar-refractivity contribution in [2.45, 2.75) is 6.92 Å². The van der Waals surface area contributed by atoms with E-state index in [1.165, 1.54) is 39.2 Å². The van der Waals surface area contributed by atoms with Crippen LogP contribution in [-0.2, 0) is 0 Å². The Balaban J connectivity index is 1.50. The van der Waals surface area contributed by atoms with Crippen LogP contribution in [0.5, 0.6) is 0 Å². The van der Waals surface area contributed by atoms with Crippen molar-refractivity contribution in [3.63, 3.8) is 0 Å². The number of rotatable bonds is 5. The fourth-order valence-corrected chi connectivity index (χ4v) is 3.85. The molecule has 0 spiro atoms. The number of hydrogen-bond donors (Lipinski definition) is 1. The number of tetrazole rings is 1. The van der Waals surface area contributed by atoms with Crippen LogP contribution in [0.1, 0.15) is 16.2 Å². The Morgan fingerprint density at radius 1 is 1.12 bits per heavy atom. The van der Waals surface area contributed by atoms with Gasteiger partial charge in [0.1, 0.15) is 12.1 Å². The molecule has 0 saturated heterocycles. The Hall–Kier alpha value is -4.25. The van der Waals surface area contributed by atoms with Gasteiger partial charge in [0.25, 0.3) is 5.91 Å². The number of anilines is 1. The van der Waals surface area contributed by atoms with Crippen molar-refractivity contribution in [1.29, 1.82) is 0 Å². The zero-order valence-electron chi connectivity index (χ0n) is 16.7. The number of aryl methyl sites for hydroxylation is 1. The highest BCUT2D eigenvalue weighted by molar-refractivity contribution is 7.13. The SMILES string of the molecule is Cc1ccc(NC(=O)c2nc(-c3cccs3)n(-c3cccc(F)c3)n2)cc1-n1cnnn1. The van der Waals surface area contributed by atoms with Crippen LogP contribution in [-0.4, -0.2) is 40.9 Å². The Bertz CT molecular complexity index is 1400. The molecule has 0 aliphatic carbocycles. The number of carbonyl (C=O) groups is 1. The van der Waals surface area contributed by atoms with Crippen molar-refractivity contribution >= 4 is 22.9 Å². The molecule has 0 aliphatic rings. The smallest absolute Gasteiger partial charge is 0.295 e. The predicted molar refractivity (Wildman–Crippen MR) is 116 cm³/mol. The van der Waals surface area contributed by atoms with Crippen LogP contribution in [0.4, 0.5) is 10.1 Å². The van der Waals surface area contributed by atoms with Gasteiger partial charge in [-0.3, -0.25) is 4.79 Å². The maximum absolute atomic E-state index is 13.8. The standard InChI is InChI=1S/C21H15FN8OS/c1-13-7-8-15(11-17(13)29-12-23-27-28-29)24-21(31)19-25-20(18-6-3-9-32-18)30(26-19)16-5-2-4-14(22)10-16/h2-12H,1H3,(H,24,31). The summed E-state index contributed by atoms with van der Waals surface area (Å²) in [5.41, 5.74) is 2.66. The summed E-state index contributed by atoms with van der Waals surface area (Å²) in [4.78, 5) is 18.2. The summed E-state index contributed by atoms with van der Waals surface area (Å²) in [7, 11) is 0. The van der Waals surface area contributed by atoms with Gasteiger partial charge >= 0.3 is 0 Å². The summed E-state index contributed by atoms with van der Waals surface area (Å²) in [5, 5.41) is 20.2. The topological polar surface area (TPSA) is 103 Å². The Morgan fingerprint density at radius 2 is 2.03 bits per heavy atom. The van der Waals surface area contributed by atoms with Gasteiger partial charge in [0.05, 0.1) is 16.3 Å². The van der Waals surface area contributed by atoms with E-state index < -0.39 is 11.7 Å². The molecule has 158 valence electrons. The molecule has 2 aromatic carbocycles. The first-order valence-corrected chi connectivity index (χ1v) is 10.4. The van der Waals surface area contributed by atoms with Gasteiger partial charge in [-0.25, -0.2) is 18.7 Å². The zero-order chi connectivity index (χ0) is 22.1. The number of halogens is 1. The highest BCUT2D eigenvalue weighted by atomic mass is 32.1. The number of aromatic nitrogens is 7. The molecule has 0 saturated carbocycles. The van der Waals surface area contributed by atoms with Crippen LogP contribution < -0.4 is 5.32 Å². The van der Waals surface area contributed by atoms with E-state index in [9.17, 15) is 9.18 Å². The first-order chi connectivity index (χ1) is 15.6. The van der Waals surface area contributed by atoms with Crippen LogP contribution in [0, 0.1) is 12.7 Å². The number of nitrogens with zero attached hydrogens (tertiary/aromatic N) is 7. The third-order valence-electron chi connectivity index (χ3n) is 4.67. The molecule has 1 amide bonds. The second kappa shape index (κ2) is 8.12. The summed E-state index contributed by atoms with van der Waals surface area (Å²) in [5.74, 6) is -0.489. The lowest BCUT2D eigenvalue weighted by molar-refractivity contribution is 0.101. The third kappa shape index (κ3) is 3.76. The molecule has 0 fully saturated rings. The minimum Gasteiger partial charge on any atom is -0.319 e. The average Bonchev–Trinajstić information content (AvgIpc) is 3.55. The summed E-state index contributed by atoms with van der Waals surface area (Å²) in [6.45, 7) is 1.91. The van der Waals surface area contributed by atoms with Gasteiger partial charge in [0, 0.05) is 5.69 Å². The Kier molecular flexibility index (Phi) is 5.00. The lowest BCUT2D eigenvalue weighted by Gasteiger charge is -2.08. The van der Waals surface area contributed by atoms with E-state index in [1.807, 2.05) is 30.5 Å². The van der Waals surface area contributed by atoms with E-state index in [2.05, 4.69) is 30.9 Å². The normalized spacial score (nSPS) is 10.9. The van der Waals surface area contributed by atoms with Crippen molar-refractivity contribution in [2.75, 3.05) is 5.32 Å². The lowest BCUT2D eigenvalue weighted by Crippen LogP contribution is -2.15. The predicted octanol–water partition coefficient (Wildman–Crippen LogP) is 3.67. The molecule has 1 N–H and O–H groups in total. The molecule has 0 radical (unpaired) electrons. The number of amides is 1. The number of thiophene rings is 1. The van der Waals surface area contributed by atoms with Gasteiger partial charge in [0.15, 0.2) is 5.82 Å². The fraction of sp³-hybridized carbons (Fsp3) is 0.0476. The van der Waals surface area contributed by atoms with E-state index in [0.717, 1.165) is 16.1 Å². The Labute approximate surface area is 185 Å². The van der Waals surface area contributed by atoms with Gasteiger partial charge in [-0.1, -0.05) is 18.2 Å². The molecule has 0 bridgehead atoms.